The second-order valence-electron chi connectivity index (χ2n) is 6.18. The molecule has 3 amide bonds. The maximum absolute atomic E-state index is 12.4. The summed E-state index contributed by atoms with van der Waals surface area (Å²) < 4.78 is 4.73. The Bertz CT molecular complexity index is 695. The van der Waals surface area contributed by atoms with E-state index in [1.54, 1.807) is 24.3 Å². The van der Waals surface area contributed by atoms with Gasteiger partial charge >= 0.3 is 5.97 Å². The van der Waals surface area contributed by atoms with Crippen molar-refractivity contribution in [3.05, 3.63) is 35.4 Å². The molecule has 0 bridgehead atoms. The molecule has 1 aromatic carbocycles. The number of esters is 1. The van der Waals surface area contributed by atoms with Gasteiger partial charge in [-0.2, -0.15) is 0 Å². The number of imide groups is 1. The fourth-order valence-electron chi connectivity index (χ4n) is 3.42. The van der Waals surface area contributed by atoms with Crippen molar-refractivity contribution >= 4 is 23.7 Å². The Morgan fingerprint density at radius 2 is 1.80 bits per heavy atom. The monoisotopic (exact) mass is 344 g/mol. The first-order chi connectivity index (χ1) is 12.0. The number of hydrogen-bond donors (Lipinski definition) is 0. The predicted octanol–water partition coefficient (Wildman–Crippen LogP) is 1.23. The zero-order valence-corrected chi connectivity index (χ0v) is 14.1. The summed E-state index contributed by atoms with van der Waals surface area (Å²) in [5, 5.41) is 0. The zero-order valence-electron chi connectivity index (χ0n) is 14.1. The van der Waals surface area contributed by atoms with Gasteiger partial charge in [0.25, 0.3) is 11.8 Å². The largest absolute Gasteiger partial charge is 0.467 e. The van der Waals surface area contributed by atoms with Gasteiger partial charge in [0.1, 0.15) is 6.04 Å². The average Bonchev–Trinajstić information content (AvgIpc) is 3.21. The summed E-state index contributed by atoms with van der Waals surface area (Å²) in [6, 6.07) is 6.18. The van der Waals surface area contributed by atoms with Crippen LogP contribution in [0.2, 0.25) is 0 Å². The van der Waals surface area contributed by atoms with Crippen LogP contribution in [-0.2, 0) is 14.3 Å². The lowest BCUT2D eigenvalue weighted by Gasteiger charge is -2.23. The molecule has 1 atom stereocenters. The third-order valence-corrected chi connectivity index (χ3v) is 4.70. The maximum Gasteiger partial charge on any atom is 0.328 e. The Hall–Kier alpha value is -2.70. The number of amides is 3. The molecule has 2 heterocycles. The van der Waals surface area contributed by atoms with E-state index in [9.17, 15) is 19.2 Å². The van der Waals surface area contributed by atoms with Crippen LogP contribution in [0.1, 0.15) is 46.4 Å². The van der Waals surface area contributed by atoms with Gasteiger partial charge in [-0.05, 0) is 31.4 Å². The van der Waals surface area contributed by atoms with Gasteiger partial charge in [-0.25, -0.2) is 4.79 Å². The van der Waals surface area contributed by atoms with Crippen LogP contribution >= 0.6 is 0 Å². The Balaban J connectivity index is 1.55. The second-order valence-corrected chi connectivity index (χ2v) is 6.18. The average molecular weight is 344 g/mol. The highest BCUT2D eigenvalue weighted by molar-refractivity contribution is 6.21. The highest BCUT2D eigenvalue weighted by Gasteiger charge is 2.36. The van der Waals surface area contributed by atoms with Crippen LogP contribution in [-0.4, -0.2) is 59.7 Å². The summed E-state index contributed by atoms with van der Waals surface area (Å²) in [6.07, 6.45) is 1.93. The first-order valence-electron chi connectivity index (χ1n) is 8.37. The van der Waals surface area contributed by atoms with Crippen LogP contribution in [0.3, 0.4) is 0 Å². The lowest BCUT2D eigenvalue weighted by Crippen LogP contribution is -2.41. The fourth-order valence-corrected chi connectivity index (χ4v) is 3.42. The third-order valence-electron chi connectivity index (χ3n) is 4.70. The quantitative estimate of drug-likeness (QED) is 0.592. The van der Waals surface area contributed by atoms with Crippen LogP contribution < -0.4 is 0 Å². The van der Waals surface area contributed by atoms with Crippen molar-refractivity contribution in [1.29, 1.82) is 0 Å². The fraction of sp³-hybridized carbons (Fsp3) is 0.444. The highest BCUT2D eigenvalue weighted by atomic mass is 16.5. The predicted molar refractivity (Wildman–Crippen MR) is 87.8 cm³/mol. The second kappa shape index (κ2) is 7.04. The first-order valence-corrected chi connectivity index (χ1v) is 8.37. The normalized spacial score (nSPS) is 19.3. The number of hydrogen-bond acceptors (Lipinski definition) is 5. The topological polar surface area (TPSA) is 84.0 Å². The number of rotatable bonds is 5. The Morgan fingerprint density at radius 1 is 1.16 bits per heavy atom. The minimum atomic E-state index is -0.517. The van der Waals surface area contributed by atoms with Crippen molar-refractivity contribution in [2.24, 2.45) is 0 Å². The van der Waals surface area contributed by atoms with Crippen molar-refractivity contribution in [2.45, 2.75) is 31.7 Å². The van der Waals surface area contributed by atoms with Gasteiger partial charge in [0.05, 0.1) is 18.2 Å². The molecule has 1 saturated heterocycles. The van der Waals surface area contributed by atoms with Crippen molar-refractivity contribution in [1.82, 2.24) is 9.80 Å². The molecule has 0 N–H and O–H groups in total. The molecule has 2 aliphatic heterocycles. The number of methoxy groups -OCH3 is 1. The van der Waals surface area contributed by atoms with E-state index in [0.29, 0.717) is 30.5 Å². The van der Waals surface area contributed by atoms with Gasteiger partial charge in [0, 0.05) is 19.5 Å². The molecule has 1 unspecified atom stereocenters. The molecule has 0 aromatic heterocycles. The van der Waals surface area contributed by atoms with E-state index in [0.717, 1.165) is 6.42 Å². The van der Waals surface area contributed by atoms with E-state index < -0.39 is 12.0 Å². The Labute approximate surface area is 145 Å². The Morgan fingerprint density at radius 3 is 2.40 bits per heavy atom. The molecule has 132 valence electrons. The van der Waals surface area contributed by atoms with Gasteiger partial charge in [-0.3, -0.25) is 19.3 Å². The third kappa shape index (κ3) is 3.14. The number of carbonyl (C=O) groups excluding carboxylic acids is 4. The molecule has 1 fully saturated rings. The molecule has 7 heteroatoms. The van der Waals surface area contributed by atoms with E-state index in [-0.39, 0.29) is 30.7 Å². The first kappa shape index (κ1) is 17.1. The van der Waals surface area contributed by atoms with Crippen molar-refractivity contribution < 1.29 is 23.9 Å². The van der Waals surface area contributed by atoms with Crippen molar-refractivity contribution in [3.63, 3.8) is 0 Å². The van der Waals surface area contributed by atoms with Gasteiger partial charge in [0.15, 0.2) is 0 Å². The minimum absolute atomic E-state index is 0.149. The zero-order chi connectivity index (χ0) is 18.0. The SMILES string of the molecule is COC(=O)C1CCCN1C(=O)CCCN1C(=O)c2ccccc2C1=O. The number of fused-ring (bicyclic) bond motifs is 1. The van der Waals surface area contributed by atoms with E-state index >= 15 is 0 Å². The summed E-state index contributed by atoms with van der Waals surface area (Å²) >= 11 is 0. The Kier molecular flexibility index (Phi) is 4.83. The summed E-state index contributed by atoms with van der Waals surface area (Å²) in [5.74, 6) is -1.18. The van der Waals surface area contributed by atoms with E-state index in [2.05, 4.69) is 0 Å². The van der Waals surface area contributed by atoms with E-state index in [1.807, 2.05) is 0 Å². The lowest BCUT2D eigenvalue weighted by atomic mass is 10.1. The maximum atomic E-state index is 12.4. The van der Waals surface area contributed by atoms with Gasteiger partial charge < -0.3 is 9.64 Å². The molecule has 0 spiro atoms. The van der Waals surface area contributed by atoms with Gasteiger partial charge in [-0.15, -0.1) is 0 Å². The molecule has 0 radical (unpaired) electrons. The van der Waals surface area contributed by atoms with Crippen molar-refractivity contribution in [2.75, 3.05) is 20.2 Å². The van der Waals surface area contributed by atoms with Crippen LogP contribution in [0.5, 0.6) is 0 Å². The molecule has 2 aliphatic rings. The molecule has 3 rings (SSSR count). The summed E-state index contributed by atoms with van der Waals surface area (Å²) in [6.45, 7) is 0.723. The summed E-state index contributed by atoms with van der Waals surface area (Å²) in [7, 11) is 1.31. The molecule has 7 nitrogen and oxygen atoms in total. The number of carbonyl (C=O) groups is 4. The van der Waals surface area contributed by atoms with Crippen LogP contribution in [0.4, 0.5) is 0 Å². The molecule has 0 saturated carbocycles. The standard InChI is InChI=1S/C18H20N2O5/c1-25-18(24)14-8-4-10-19(14)15(21)9-5-11-20-16(22)12-6-2-3-7-13(12)17(20)23/h2-3,6-7,14H,4-5,8-11H2,1H3. The van der Waals surface area contributed by atoms with Crippen LogP contribution in [0.15, 0.2) is 24.3 Å². The molecular formula is C18H20N2O5. The molecular weight excluding hydrogens is 324 g/mol. The number of benzene rings is 1. The number of nitrogens with zero attached hydrogens (tertiary/aromatic N) is 2. The van der Waals surface area contributed by atoms with Crippen LogP contribution in [0.25, 0.3) is 0 Å². The minimum Gasteiger partial charge on any atom is -0.467 e. The van der Waals surface area contributed by atoms with E-state index in [1.165, 1.54) is 16.9 Å². The van der Waals surface area contributed by atoms with E-state index in [4.69, 9.17) is 4.74 Å². The molecule has 0 aliphatic carbocycles. The number of ether oxygens (including phenoxy) is 1. The van der Waals surface area contributed by atoms with Crippen LogP contribution in [0, 0.1) is 0 Å². The summed E-state index contributed by atoms with van der Waals surface area (Å²) in [5.41, 5.74) is 0.813. The van der Waals surface area contributed by atoms with Crippen molar-refractivity contribution in [3.8, 4) is 0 Å². The highest BCUT2D eigenvalue weighted by Crippen LogP contribution is 2.23. The lowest BCUT2D eigenvalue weighted by molar-refractivity contribution is -0.151. The van der Waals surface area contributed by atoms with Gasteiger partial charge in [-0.1, -0.05) is 12.1 Å². The molecule has 25 heavy (non-hydrogen) atoms. The summed E-state index contributed by atoms with van der Waals surface area (Å²) in [4.78, 5) is 51.3. The smallest absolute Gasteiger partial charge is 0.328 e. The number of likely N-dealkylation sites (tertiary alicyclic amines) is 1. The van der Waals surface area contributed by atoms with Gasteiger partial charge in [0.2, 0.25) is 5.91 Å². The molecule has 1 aromatic rings.